The maximum absolute atomic E-state index is 11.3. The van der Waals surface area contributed by atoms with Crippen LogP contribution in [0.1, 0.15) is 20.3 Å². The predicted octanol–water partition coefficient (Wildman–Crippen LogP) is -0.187. The molecule has 0 aliphatic heterocycles. The van der Waals surface area contributed by atoms with E-state index in [0.717, 1.165) is 0 Å². The molecule has 0 aromatic carbocycles. The van der Waals surface area contributed by atoms with E-state index in [0.29, 0.717) is 24.6 Å². The van der Waals surface area contributed by atoms with Gasteiger partial charge in [0.1, 0.15) is 0 Å². The Morgan fingerprint density at radius 2 is 2.00 bits per heavy atom. The van der Waals surface area contributed by atoms with Crippen molar-refractivity contribution in [3.8, 4) is 0 Å². The van der Waals surface area contributed by atoms with E-state index in [1.807, 2.05) is 20.1 Å². The molecular formula is C10H19N2O3S-. The second kappa shape index (κ2) is 8.27. The number of carbonyl (C=O) groups excluding carboxylic acids is 2. The summed E-state index contributed by atoms with van der Waals surface area (Å²) >= 11 is 1.53. The number of hydrogen-bond acceptors (Lipinski definition) is 4. The van der Waals surface area contributed by atoms with E-state index in [2.05, 4.69) is 10.6 Å². The van der Waals surface area contributed by atoms with Crippen molar-refractivity contribution in [1.29, 1.82) is 0 Å². The van der Waals surface area contributed by atoms with Crippen LogP contribution in [0.2, 0.25) is 0 Å². The number of aliphatic carboxylic acids is 1. The molecule has 1 atom stereocenters. The molecule has 0 aromatic heterocycles. The molecule has 0 unspecified atom stereocenters. The molecule has 0 fully saturated rings. The Labute approximate surface area is 100 Å². The van der Waals surface area contributed by atoms with E-state index in [-0.39, 0.29) is 0 Å². The van der Waals surface area contributed by atoms with Crippen LogP contribution in [-0.2, 0) is 4.79 Å². The topological polar surface area (TPSA) is 81.3 Å². The van der Waals surface area contributed by atoms with Crippen molar-refractivity contribution in [2.45, 2.75) is 26.3 Å². The van der Waals surface area contributed by atoms with Gasteiger partial charge in [-0.05, 0) is 24.3 Å². The van der Waals surface area contributed by atoms with E-state index >= 15 is 0 Å². The van der Waals surface area contributed by atoms with Crippen molar-refractivity contribution >= 4 is 23.8 Å². The standard InChI is InChI=1S/C10H20N2O3S/c1-7(2)6-11-10(15)12-8(9(13)14)4-5-16-3/h7-8H,4-6H2,1-3H3,(H,13,14)(H2,11,12,15)/p-1/t8-/m0/s1. The molecule has 0 heterocycles. The maximum Gasteiger partial charge on any atom is 0.315 e. The Bertz CT molecular complexity index is 234. The normalized spacial score (nSPS) is 12.2. The summed E-state index contributed by atoms with van der Waals surface area (Å²) in [6.45, 7) is 4.45. The molecule has 0 saturated carbocycles. The van der Waals surface area contributed by atoms with Crippen LogP contribution in [0.25, 0.3) is 0 Å². The SMILES string of the molecule is CSCC[C@H](NC(=O)NCC(C)C)C(=O)[O-]. The fourth-order valence-electron chi connectivity index (χ4n) is 0.991. The Morgan fingerprint density at radius 3 is 2.44 bits per heavy atom. The van der Waals surface area contributed by atoms with Crippen LogP contribution < -0.4 is 15.7 Å². The molecule has 2 N–H and O–H groups in total. The van der Waals surface area contributed by atoms with Gasteiger partial charge in [0.15, 0.2) is 0 Å². The van der Waals surface area contributed by atoms with E-state index in [1.54, 1.807) is 0 Å². The van der Waals surface area contributed by atoms with Crippen molar-refractivity contribution in [2.75, 3.05) is 18.6 Å². The number of thioether (sulfide) groups is 1. The van der Waals surface area contributed by atoms with Gasteiger partial charge in [0.05, 0.1) is 12.0 Å². The van der Waals surface area contributed by atoms with Crippen LogP contribution >= 0.6 is 11.8 Å². The molecule has 0 rings (SSSR count). The first-order chi connectivity index (χ1) is 7.47. The summed E-state index contributed by atoms with van der Waals surface area (Å²) in [6.07, 6.45) is 2.25. The molecule has 0 saturated heterocycles. The maximum atomic E-state index is 11.3. The van der Waals surface area contributed by atoms with Gasteiger partial charge >= 0.3 is 6.03 Å². The lowest BCUT2D eigenvalue weighted by Crippen LogP contribution is -2.51. The Hall–Kier alpha value is -0.910. The van der Waals surface area contributed by atoms with E-state index < -0.39 is 18.0 Å². The number of urea groups is 1. The van der Waals surface area contributed by atoms with Gasteiger partial charge in [-0.3, -0.25) is 0 Å². The third-order valence-electron chi connectivity index (χ3n) is 1.87. The van der Waals surface area contributed by atoms with Gasteiger partial charge in [0.2, 0.25) is 0 Å². The Balaban J connectivity index is 3.98. The summed E-state index contributed by atoms with van der Waals surface area (Å²) in [5.41, 5.74) is 0. The van der Waals surface area contributed by atoms with Crippen LogP contribution in [0.4, 0.5) is 4.79 Å². The first-order valence-corrected chi connectivity index (χ1v) is 6.61. The molecule has 5 nitrogen and oxygen atoms in total. The van der Waals surface area contributed by atoms with Crippen LogP contribution in [0.3, 0.4) is 0 Å². The van der Waals surface area contributed by atoms with Gasteiger partial charge in [-0.25, -0.2) is 4.79 Å². The fraction of sp³-hybridized carbons (Fsp3) is 0.800. The fourth-order valence-corrected chi connectivity index (χ4v) is 1.46. The third kappa shape index (κ3) is 7.39. The number of rotatable bonds is 7. The van der Waals surface area contributed by atoms with Crippen LogP contribution in [0.5, 0.6) is 0 Å². The second-order valence-electron chi connectivity index (χ2n) is 3.90. The average Bonchev–Trinajstić information content (AvgIpc) is 2.20. The molecule has 0 spiro atoms. The number of nitrogens with one attached hydrogen (secondary N) is 2. The lowest BCUT2D eigenvalue weighted by Gasteiger charge is -2.20. The number of carbonyl (C=O) groups is 2. The highest BCUT2D eigenvalue weighted by molar-refractivity contribution is 7.98. The van der Waals surface area contributed by atoms with Gasteiger partial charge in [-0.15, -0.1) is 0 Å². The lowest BCUT2D eigenvalue weighted by molar-refractivity contribution is -0.308. The summed E-state index contributed by atoms with van der Waals surface area (Å²) in [5, 5.41) is 15.7. The van der Waals surface area contributed by atoms with Crippen molar-refractivity contribution < 1.29 is 14.7 Å². The van der Waals surface area contributed by atoms with Crippen LogP contribution in [0.15, 0.2) is 0 Å². The van der Waals surface area contributed by atoms with Crippen molar-refractivity contribution in [1.82, 2.24) is 10.6 Å². The van der Waals surface area contributed by atoms with Crippen molar-refractivity contribution in [2.24, 2.45) is 5.92 Å². The minimum atomic E-state index is -1.24. The second-order valence-corrected chi connectivity index (χ2v) is 4.89. The van der Waals surface area contributed by atoms with Gasteiger partial charge < -0.3 is 20.5 Å². The predicted molar refractivity (Wildman–Crippen MR) is 63.2 cm³/mol. The number of carboxylic acids is 1. The summed E-state index contributed by atoms with van der Waals surface area (Å²) in [5.74, 6) is -0.240. The smallest absolute Gasteiger partial charge is 0.315 e. The van der Waals surface area contributed by atoms with Crippen molar-refractivity contribution in [3.63, 3.8) is 0 Å². The number of carboxylic acid groups (broad SMARTS) is 1. The van der Waals surface area contributed by atoms with Crippen molar-refractivity contribution in [3.05, 3.63) is 0 Å². The first kappa shape index (κ1) is 15.1. The summed E-state index contributed by atoms with van der Waals surface area (Å²) in [4.78, 5) is 22.0. The molecule has 2 amide bonds. The molecular weight excluding hydrogens is 228 g/mol. The number of hydrogen-bond donors (Lipinski definition) is 2. The highest BCUT2D eigenvalue weighted by atomic mass is 32.2. The first-order valence-electron chi connectivity index (χ1n) is 5.21. The third-order valence-corrected chi connectivity index (χ3v) is 2.52. The molecule has 0 radical (unpaired) electrons. The molecule has 0 aliphatic carbocycles. The van der Waals surface area contributed by atoms with Gasteiger partial charge in [-0.1, -0.05) is 13.8 Å². The van der Waals surface area contributed by atoms with E-state index in [9.17, 15) is 14.7 Å². The summed E-state index contributed by atoms with van der Waals surface area (Å²) < 4.78 is 0. The molecule has 16 heavy (non-hydrogen) atoms. The summed E-state index contributed by atoms with van der Waals surface area (Å²) in [7, 11) is 0. The highest BCUT2D eigenvalue weighted by Gasteiger charge is 2.12. The average molecular weight is 247 g/mol. The molecule has 94 valence electrons. The zero-order valence-electron chi connectivity index (χ0n) is 9.91. The monoisotopic (exact) mass is 247 g/mol. The van der Waals surface area contributed by atoms with E-state index in [4.69, 9.17) is 0 Å². The van der Waals surface area contributed by atoms with E-state index in [1.165, 1.54) is 11.8 Å². The number of amides is 2. The highest BCUT2D eigenvalue weighted by Crippen LogP contribution is 2.00. The molecule has 0 bridgehead atoms. The minimum absolute atomic E-state index is 0.332. The largest absolute Gasteiger partial charge is 0.548 e. The zero-order valence-corrected chi connectivity index (χ0v) is 10.7. The Morgan fingerprint density at radius 1 is 1.38 bits per heavy atom. The Kier molecular flexibility index (Phi) is 7.80. The molecule has 0 aliphatic rings. The minimum Gasteiger partial charge on any atom is -0.548 e. The van der Waals surface area contributed by atoms with Crippen LogP contribution in [-0.4, -0.2) is 36.6 Å². The molecule has 6 heteroatoms. The quantitative estimate of drug-likeness (QED) is 0.653. The summed E-state index contributed by atoms with van der Waals surface area (Å²) in [6, 6.07) is -1.37. The lowest BCUT2D eigenvalue weighted by atomic mass is 10.2. The molecule has 0 aromatic rings. The van der Waals surface area contributed by atoms with Crippen LogP contribution in [0, 0.1) is 5.92 Å². The van der Waals surface area contributed by atoms with Gasteiger partial charge in [0, 0.05) is 6.54 Å². The zero-order chi connectivity index (χ0) is 12.6. The van der Waals surface area contributed by atoms with Gasteiger partial charge in [0.25, 0.3) is 0 Å². The van der Waals surface area contributed by atoms with Gasteiger partial charge in [-0.2, -0.15) is 11.8 Å².